The highest BCUT2D eigenvalue weighted by Gasteiger charge is 2.24. The quantitative estimate of drug-likeness (QED) is 0.503. The van der Waals surface area contributed by atoms with Gasteiger partial charge < -0.3 is 9.64 Å². The molecule has 0 fully saturated rings. The second-order valence-corrected chi connectivity index (χ2v) is 8.05. The van der Waals surface area contributed by atoms with Crippen molar-refractivity contribution in [2.24, 2.45) is 0 Å². The van der Waals surface area contributed by atoms with E-state index in [0.717, 1.165) is 6.07 Å². The fourth-order valence-electron chi connectivity index (χ4n) is 2.72. The van der Waals surface area contributed by atoms with Crippen LogP contribution in [0.5, 0.6) is 0 Å². The highest BCUT2D eigenvalue weighted by molar-refractivity contribution is 7.89. The average molecular weight is 411 g/mol. The van der Waals surface area contributed by atoms with Crippen molar-refractivity contribution in [1.82, 2.24) is 4.72 Å². The first kappa shape index (κ1) is 21.7. The van der Waals surface area contributed by atoms with Crippen molar-refractivity contribution in [3.63, 3.8) is 0 Å². The van der Waals surface area contributed by atoms with Gasteiger partial charge in [-0.15, -0.1) is 0 Å². The van der Waals surface area contributed by atoms with Crippen LogP contribution in [0.3, 0.4) is 0 Å². The van der Waals surface area contributed by atoms with Crippen molar-refractivity contribution in [3.05, 3.63) is 64.0 Å². The minimum absolute atomic E-state index is 0.0860. The number of hydrogen-bond acceptors (Lipinski definition) is 6. The van der Waals surface area contributed by atoms with Crippen LogP contribution < -0.4 is 9.62 Å². The van der Waals surface area contributed by atoms with E-state index in [9.17, 15) is 22.9 Å². The second kappa shape index (κ2) is 9.09. The molecule has 152 valence electrons. The number of methoxy groups -OCH3 is 1. The molecule has 0 heterocycles. The fraction of sp³-hybridized carbons (Fsp3) is 0.333. The zero-order chi connectivity index (χ0) is 20.9. The Morgan fingerprint density at radius 3 is 2.57 bits per heavy atom. The van der Waals surface area contributed by atoms with Gasteiger partial charge in [0.2, 0.25) is 10.0 Å². The summed E-state index contributed by atoms with van der Waals surface area (Å²) in [4.78, 5) is 12.1. The SMILES string of the molecule is COC[C@@H](C)NS(=O)(=O)c1ccc(N(C)Cc2ccccc2F)c([N+](=O)[O-])c1. The van der Waals surface area contributed by atoms with Gasteiger partial charge in [0.15, 0.2) is 0 Å². The van der Waals surface area contributed by atoms with Crippen molar-refractivity contribution < 1.29 is 22.5 Å². The topological polar surface area (TPSA) is 102 Å². The van der Waals surface area contributed by atoms with Gasteiger partial charge in [0, 0.05) is 38.4 Å². The number of nitrogens with one attached hydrogen (secondary N) is 1. The van der Waals surface area contributed by atoms with E-state index in [1.54, 1.807) is 32.2 Å². The summed E-state index contributed by atoms with van der Waals surface area (Å²) in [6, 6.07) is 9.22. The molecule has 0 unspecified atom stereocenters. The molecule has 0 spiro atoms. The Labute approximate surface area is 163 Å². The van der Waals surface area contributed by atoms with E-state index in [-0.39, 0.29) is 29.4 Å². The van der Waals surface area contributed by atoms with Gasteiger partial charge in [0.1, 0.15) is 11.5 Å². The van der Waals surface area contributed by atoms with E-state index >= 15 is 0 Å². The minimum Gasteiger partial charge on any atom is -0.383 e. The molecule has 1 atom stereocenters. The van der Waals surface area contributed by atoms with Crippen LogP contribution >= 0.6 is 0 Å². The number of halogens is 1. The lowest BCUT2D eigenvalue weighted by Crippen LogP contribution is -2.35. The molecule has 0 saturated carbocycles. The molecular formula is C18H22FN3O5S. The highest BCUT2D eigenvalue weighted by Crippen LogP contribution is 2.31. The van der Waals surface area contributed by atoms with Gasteiger partial charge in [-0.05, 0) is 25.1 Å². The normalized spacial score (nSPS) is 12.6. The van der Waals surface area contributed by atoms with Gasteiger partial charge in [-0.1, -0.05) is 18.2 Å². The van der Waals surface area contributed by atoms with Gasteiger partial charge in [-0.2, -0.15) is 0 Å². The summed E-state index contributed by atoms with van der Waals surface area (Å²) in [6.45, 7) is 1.86. The molecule has 10 heteroatoms. The Hall–Kier alpha value is -2.56. The largest absolute Gasteiger partial charge is 0.383 e. The van der Waals surface area contributed by atoms with Gasteiger partial charge in [0.05, 0.1) is 16.4 Å². The number of ether oxygens (including phenoxy) is 1. The molecular weight excluding hydrogens is 389 g/mol. The summed E-state index contributed by atoms with van der Waals surface area (Å²) >= 11 is 0. The molecule has 28 heavy (non-hydrogen) atoms. The zero-order valence-corrected chi connectivity index (χ0v) is 16.6. The van der Waals surface area contributed by atoms with E-state index in [0.29, 0.717) is 5.56 Å². The maximum Gasteiger partial charge on any atom is 0.293 e. The van der Waals surface area contributed by atoms with Gasteiger partial charge in [-0.25, -0.2) is 17.5 Å². The van der Waals surface area contributed by atoms with Crippen molar-refractivity contribution >= 4 is 21.4 Å². The van der Waals surface area contributed by atoms with Crippen LogP contribution in [0.2, 0.25) is 0 Å². The van der Waals surface area contributed by atoms with Crippen LogP contribution in [0.4, 0.5) is 15.8 Å². The molecule has 1 N–H and O–H groups in total. The maximum atomic E-state index is 13.9. The molecule has 0 saturated heterocycles. The lowest BCUT2D eigenvalue weighted by molar-refractivity contribution is -0.384. The van der Waals surface area contributed by atoms with Crippen molar-refractivity contribution in [2.75, 3.05) is 25.7 Å². The summed E-state index contributed by atoms with van der Waals surface area (Å²) in [5.41, 5.74) is 0.157. The number of nitro benzene ring substituents is 1. The maximum absolute atomic E-state index is 13.9. The third kappa shape index (κ3) is 5.24. The summed E-state index contributed by atoms with van der Waals surface area (Å²) in [7, 11) is -0.947. The molecule has 0 aliphatic heterocycles. The Balaban J connectivity index is 2.35. The van der Waals surface area contributed by atoms with E-state index in [4.69, 9.17) is 4.74 Å². The third-order valence-corrected chi connectivity index (χ3v) is 5.59. The number of nitrogens with zero attached hydrogens (tertiary/aromatic N) is 2. The van der Waals surface area contributed by atoms with Crippen molar-refractivity contribution in [1.29, 1.82) is 0 Å². The number of anilines is 1. The summed E-state index contributed by atoms with van der Waals surface area (Å²) in [6.07, 6.45) is 0. The monoisotopic (exact) mass is 411 g/mol. The second-order valence-electron chi connectivity index (χ2n) is 6.33. The summed E-state index contributed by atoms with van der Waals surface area (Å²) < 4.78 is 46.1. The summed E-state index contributed by atoms with van der Waals surface area (Å²) in [5.74, 6) is -0.424. The van der Waals surface area contributed by atoms with Crippen molar-refractivity contribution in [2.45, 2.75) is 24.4 Å². The number of sulfonamides is 1. The van der Waals surface area contributed by atoms with Crippen LogP contribution in [0, 0.1) is 15.9 Å². The highest BCUT2D eigenvalue weighted by atomic mass is 32.2. The number of hydrogen-bond donors (Lipinski definition) is 1. The van der Waals surface area contributed by atoms with Gasteiger partial charge >= 0.3 is 0 Å². The number of benzene rings is 2. The first-order chi connectivity index (χ1) is 13.2. The third-order valence-electron chi connectivity index (χ3n) is 4.00. The van der Waals surface area contributed by atoms with Gasteiger partial charge in [0.25, 0.3) is 5.69 Å². The Morgan fingerprint density at radius 1 is 1.29 bits per heavy atom. The fourth-order valence-corrected chi connectivity index (χ4v) is 3.97. The van der Waals surface area contributed by atoms with E-state index in [2.05, 4.69) is 4.72 Å². The molecule has 2 rings (SSSR count). The molecule has 0 amide bonds. The van der Waals surface area contributed by atoms with E-state index in [1.165, 1.54) is 30.2 Å². The average Bonchev–Trinajstić information content (AvgIpc) is 2.62. The van der Waals surface area contributed by atoms with Crippen LogP contribution in [0.25, 0.3) is 0 Å². The first-order valence-corrected chi connectivity index (χ1v) is 9.88. The minimum atomic E-state index is -3.96. The van der Waals surface area contributed by atoms with Gasteiger partial charge in [-0.3, -0.25) is 10.1 Å². The smallest absolute Gasteiger partial charge is 0.293 e. The number of rotatable bonds is 9. The Kier molecular flexibility index (Phi) is 7.05. The molecule has 8 nitrogen and oxygen atoms in total. The van der Waals surface area contributed by atoms with Crippen LogP contribution in [0.1, 0.15) is 12.5 Å². The summed E-state index contributed by atoms with van der Waals surface area (Å²) in [5, 5.41) is 11.5. The molecule has 2 aromatic rings. The lowest BCUT2D eigenvalue weighted by atomic mass is 10.2. The predicted octanol–water partition coefficient (Wildman–Crippen LogP) is 2.68. The number of nitro groups is 1. The van der Waals surface area contributed by atoms with E-state index in [1.807, 2.05) is 0 Å². The Morgan fingerprint density at radius 2 is 1.96 bits per heavy atom. The Bertz CT molecular complexity index is 952. The molecule has 0 aromatic heterocycles. The van der Waals surface area contributed by atoms with Crippen LogP contribution in [0.15, 0.2) is 47.4 Å². The standard InChI is InChI=1S/C18H22FN3O5S/c1-13(12-27-3)20-28(25,26)15-8-9-17(18(10-15)22(23)24)21(2)11-14-6-4-5-7-16(14)19/h4-10,13,20H,11-12H2,1-3H3/t13-/m1/s1. The molecule has 0 aliphatic carbocycles. The van der Waals surface area contributed by atoms with E-state index < -0.39 is 26.8 Å². The van der Waals surface area contributed by atoms with Crippen molar-refractivity contribution in [3.8, 4) is 0 Å². The zero-order valence-electron chi connectivity index (χ0n) is 15.8. The molecule has 0 radical (unpaired) electrons. The lowest BCUT2D eigenvalue weighted by Gasteiger charge is -2.20. The first-order valence-electron chi connectivity index (χ1n) is 8.40. The van der Waals surface area contributed by atoms with Crippen LogP contribution in [-0.2, 0) is 21.3 Å². The molecule has 0 bridgehead atoms. The molecule has 0 aliphatic rings. The predicted molar refractivity (Wildman–Crippen MR) is 103 cm³/mol. The molecule has 2 aromatic carbocycles. The van der Waals surface area contributed by atoms with Crippen LogP contribution in [-0.4, -0.2) is 40.1 Å².